The highest BCUT2D eigenvalue weighted by molar-refractivity contribution is 6.16. The van der Waals surface area contributed by atoms with Crippen molar-refractivity contribution in [2.75, 3.05) is 11.1 Å². The molecule has 0 bridgehead atoms. The van der Waals surface area contributed by atoms with Gasteiger partial charge in [0.15, 0.2) is 5.65 Å². The van der Waals surface area contributed by atoms with Gasteiger partial charge in [0.05, 0.1) is 17.2 Å². The fourth-order valence-corrected chi connectivity index (χ4v) is 3.69. The van der Waals surface area contributed by atoms with Crippen LogP contribution in [0.3, 0.4) is 0 Å². The summed E-state index contributed by atoms with van der Waals surface area (Å²) in [6.07, 6.45) is 1.70. The van der Waals surface area contributed by atoms with Crippen LogP contribution in [0.2, 0.25) is 0 Å². The molecule has 3 aromatic carbocycles. The maximum absolute atomic E-state index is 13.3. The maximum atomic E-state index is 13.3. The Bertz CT molecular complexity index is 1530. The number of benzene rings is 3. The SMILES string of the molecule is Cc1ccc(NC(=O)c2c(N)n(/N=C/c3cccc(C)c3)c3nc4ccccc4nc23)cc1. The van der Waals surface area contributed by atoms with Gasteiger partial charge in [-0.3, -0.25) is 4.79 Å². The third-order valence-corrected chi connectivity index (χ3v) is 5.37. The van der Waals surface area contributed by atoms with Crippen LogP contribution in [-0.4, -0.2) is 26.8 Å². The second-order valence-electron chi connectivity index (χ2n) is 7.94. The van der Waals surface area contributed by atoms with Gasteiger partial charge in [0.1, 0.15) is 16.9 Å². The first kappa shape index (κ1) is 20.4. The quantitative estimate of drug-likeness (QED) is 0.392. The predicted octanol–water partition coefficient (Wildman–Crippen LogP) is 4.92. The first-order valence-electron chi connectivity index (χ1n) is 10.6. The number of aromatic nitrogens is 3. The number of anilines is 2. The van der Waals surface area contributed by atoms with Crippen LogP contribution >= 0.6 is 0 Å². The van der Waals surface area contributed by atoms with Gasteiger partial charge in [-0.1, -0.05) is 59.7 Å². The Labute approximate surface area is 190 Å². The van der Waals surface area contributed by atoms with Crippen LogP contribution in [0.5, 0.6) is 0 Å². The van der Waals surface area contributed by atoms with Crippen molar-refractivity contribution >= 4 is 45.8 Å². The Balaban J connectivity index is 1.66. The number of nitrogen functional groups attached to an aromatic ring is 1. The largest absolute Gasteiger partial charge is 0.383 e. The molecule has 33 heavy (non-hydrogen) atoms. The van der Waals surface area contributed by atoms with Crippen LogP contribution in [0.25, 0.3) is 22.2 Å². The average Bonchev–Trinajstić information content (AvgIpc) is 3.08. The van der Waals surface area contributed by atoms with Crippen molar-refractivity contribution < 1.29 is 4.79 Å². The molecule has 3 N–H and O–H groups in total. The molecular weight excluding hydrogens is 412 g/mol. The molecule has 0 saturated carbocycles. The van der Waals surface area contributed by atoms with E-state index in [1.54, 1.807) is 6.21 Å². The lowest BCUT2D eigenvalue weighted by molar-refractivity contribution is 0.102. The van der Waals surface area contributed by atoms with Gasteiger partial charge in [-0.25, -0.2) is 9.97 Å². The molecule has 7 heteroatoms. The van der Waals surface area contributed by atoms with E-state index in [2.05, 4.69) is 10.4 Å². The van der Waals surface area contributed by atoms with Crippen molar-refractivity contribution in [3.05, 3.63) is 95.1 Å². The van der Waals surface area contributed by atoms with Crippen LogP contribution in [0.4, 0.5) is 11.5 Å². The molecule has 1 amide bonds. The maximum Gasteiger partial charge on any atom is 0.261 e. The van der Waals surface area contributed by atoms with E-state index in [1.807, 2.05) is 86.6 Å². The van der Waals surface area contributed by atoms with Crippen molar-refractivity contribution in [2.45, 2.75) is 13.8 Å². The normalized spacial score (nSPS) is 11.5. The zero-order valence-electron chi connectivity index (χ0n) is 18.3. The highest BCUT2D eigenvalue weighted by Crippen LogP contribution is 2.28. The van der Waals surface area contributed by atoms with E-state index < -0.39 is 0 Å². The first-order chi connectivity index (χ1) is 16.0. The summed E-state index contributed by atoms with van der Waals surface area (Å²) in [5, 5.41) is 7.47. The highest BCUT2D eigenvalue weighted by atomic mass is 16.1. The number of nitrogens with one attached hydrogen (secondary N) is 1. The van der Waals surface area contributed by atoms with Crippen molar-refractivity contribution in [3.8, 4) is 0 Å². The highest BCUT2D eigenvalue weighted by Gasteiger charge is 2.24. The minimum atomic E-state index is -0.365. The molecule has 2 aromatic heterocycles. The monoisotopic (exact) mass is 434 g/mol. The van der Waals surface area contributed by atoms with E-state index in [-0.39, 0.29) is 17.3 Å². The van der Waals surface area contributed by atoms with Gasteiger partial charge >= 0.3 is 0 Å². The van der Waals surface area contributed by atoms with Crippen molar-refractivity contribution in [2.24, 2.45) is 5.10 Å². The summed E-state index contributed by atoms with van der Waals surface area (Å²) in [6, 6.07) is 23.0. The Morgan fingerprint density at radius 1 is 0.939 bits per heavy atom. The third kappa shape index (κ3) is 3.92. The van der Waals surface area contributed by atoms with E-state index in [0.29, 0.717) is 27.9 Å². The van der Waals surface area contributed by atoms with Gasteiger partial charge in [-0.15, -0.1) is 0 Å². The lowest BCUT2D eigenvalue weighted by Gasteiger charge is -2.06. The Morgan fingerprint density at radius 3 is 2.39 bits per heavy atom. The van der Waals surface area contributed by atoms with E-state index in [1.165, 1.54) is 4.68 Å². The van der Waals surface area contributed by atoms with Crippen molar-refractivity contribution in [1.29, 1.82) is 0 Å². The summed E-state index contributed by atoms with van der Waals surface area (Å²) in [6.45, 7) is 4.01. The Hall–Kier alpha value is -4.52. The zero-order chi connectivity index (χ0) is 22.9. The smallest absolute Gasteiger partial charge is 0.261 e. The molecule has 0 fully saturated rings. The molecule has 5 rings (SSSR count). The zero-order valence-corrected chi connectivity index (χ0v) is 18.3. The minimum absolute atomic E-state index is 0.175. The van der Waals surface area contributed by atoms with E-state index in [9.17, 15) is 4.79 Å². The summed E-state index contributed by atoms with van der Waals surface area (Å²) >= 11 is 0. The number of rotatable bonds is 4. The predicted molar refractivity (Wildman–Crippen MR) is 133 cm³/mol. The van der Waals surface area contributed by atoms with E-state index >= 15 is 0 Å². The number of aryl methyl sites for hydroxylation is 2. The fourth-order valence-electron chi connectivity index (χ4n) is 3.69. The second-order valence-corrected chi connectivity index (χ2v) is 7.94. The summed E-state index contributed by atoms with van der Waals surface area (Å²) in [7, 11) is 0. The number of hydrogen-bond donors (Lipinski definition) is 2. The standard InChI is InChI=1S/C26H22N6O/c1-16-10-12-19(13-11-16)29-26(33)22-23-25(31-21-9-4-3-8-20(21)30-23)32(24(22)27)28-15-18-7-5-6-17(2)14-18/h3-15H,27H2,1-2H3,(H,29,33)/b28-15+. The molecular formula is C26H22N6O. The van der Waals surface area contributed by atoms with Crippen molar-refractivity contribution in [3.63, 3.8) is 0 Å². The van der Waals surface area contributed by atoms with E-state index in [4.69, 9.17) is 15.7 Å². The van der Waals surface area contributed by atoms with Crippen LogP contribution in [-0.2, 0) is 0 Å². The van der Waals surface area contributed by atoms with Gasteiger partial charge in [-0.05, 0) is 43.7 Å². The molecule has 5 aromatic rings. The molecule has 162 valence electrons. The van der Waals surface area contributed by atoms with Gasteiger partial charge in [-0.2, -0.15) is 9.78 Å². The number of carbonyl (C=O) groups is 1. The molecule has 0 atom stereocenters. The molecule has 0 aliphatic rings. The van der Waals surface area contributed by atoms with E-state index in [0.717, 1.165) is 16.7 Å². The van der Waals surface area contributed by atoms with Crippen LogP contribution < -0.4 is 11.1 Å². The van der Waals surface area contributed by atoms with Gasteiger partial charge in [0.25, 0.3) is 5.91 Å². The summed E-state index contributed by atoms with van der Waals surface area (Å²) in [5.74, 6) is -0.190. The van der Waals surface area contributed by atoms with Crippen molar-refractivity contribution in [1.82, 2.24) is 14.6 Å². The summed E-state index contributed by atoms with van der Waals surface area (Å²) < 4.78 is 1.47. The molecule has 0 radical (unpaired) electrons. The molecule has 0 aliphatic carbocycles. The van der Waals surface area contributed by atoms with Gasteiger partial charge in [0.2, 0.25) is 0 Å². The van der Waals surface area contributed by atoms with Crippen LogP contribution in [0.15, 0.2) is 77.9 Å². The second kappa shape index (κ2) is 8.20. The molecule has 7 nitrogen and oxygen atoms in total. The summed E-state index contributed by atoms with van der Waals surface area (Å²) in [5.41, 5.74) is 12.7. The first-order valence-corrected chi connectivity index (χ1v) is 10.6. The molecule has 0 spiro atoms. The molecule has 2 heterocycles. The molecule has 0 unspecified atom stereocenters. The minimum Gasteiger partial charge on any atom is -0.383 e. The van der Waals surface area contributed by atoms with Crippen LogP contribution in [0.1, 0.15) is 27.0 Å². The number of hydrogen-bond acceptors (Lipinski definition) is 5. The Kier molecular flexibility index (Phi) is 5.06. The summed E-state index contributed by atoms with van der Waals surface area (Å²) in [4.78, 5) is 22.7. The van der Waals surface area contributed by atoms with Gasteiger partial charge in [0, 0.05) is 5.69 Å². The van der Waals surface area contributed by atoms with Gasteiger partial charge < -0.3 is 11.1 Å². The Morgan fingerprint density at radius 2 is 1.67 bits per heavy atom. The molecule has 0 saturated heterocycles. The number of fused-ring (bicyclic) bond motifs is 2. The molecule has 0 aliphatic heterocycles. The number of nitrogens with zero attached hydrogens (tertiary/aromatic N) is 4. The lowest BCUT2D eigenvalue weighted by Crippen LogP contribution is -2.14. The number of nitrogens with two attached hydrogens (primary N) is 1. The lowest BCUT2D eigenvalue weighted by atomic mass is 10.2. The number of carbonyl (C=O) groups excluding carboxylic acids is 1. The topological polar surface area (TPSA) is 98.2 Å². The average molecular weight is 435 g/mol. The number of amides is 1. The number of para-hydroxylation sites is 2. The van der Waals surface area contributed by atoms with Crippen LogP contribution in [0, 0.1) is 13.8 Å². The fraction of sp³-hybridized carbons (Fsp3) is 0.0769. The third-order valence-electron chi connectivity index (χ3n) is 5.37.